The number of rotatable bonds is 51. The SMILES string of the molecule is CCCCCC(OC(=O)CN1[C@H]2CC[C@@H]1[C@@H](C(=O)OC)[C@@H](c1ccc(F)cc1)C2)C(O)C/C=C\CCCCCCCC(=O)OCCCCCCCCCCOC(=O)CCCCCCC/C=C\CC(O)C(CCCCC)OC(=O)CN1[C@@H]2CC[C@H]1[C@H](C(=O)OC)[C@H](c1ccc(F)cc1)C2. The minimum atomic E-state index is -0.824. The lowest BCUT2D eigenvalue weighted by Gasteiger charge is -2.43. The van der Waals surface area contributed by atoms with Crippen molar-refractivity contribution in [3.8, 4) is 0 Å². The number of carbonyl (C=O) groups is 6. The average Bonchev–Trinajstić information content (AvgIpc) is 1.57. The lowest BCUT2D eigenvalue weighted by atomic mass is 9.76. The van der Waals surface area contributed by atoms with Crippen molar-refractivity contribution < 1.29 is 76.2 Å². The maximum absolute atomic E-state index is 13.8. The van der Waals surface area contributed by atoms with E-state index in [2.05, 4.69) is 35.8 Å². The number of hydrogen-bond acceptors (Lipinski definition) is 16. The minimum absolute atomic E-state index is 0.0396. The second-order valence-electron chi connectivity index (χ2n) is 28.3. The van der Waals surface area contributed by atoms with Gasteiger partial charge in [0.25, 0.3) is 0 Å². The lowest BCUT2D eigenvalue weighted by Crippen LogP contribution is -2.53. The zero-order valence-corrected chi connectivity index (χ0v) is 60.0. The molecular formula is C80H122F2N2O14. The Bertz CT molecular complexity index is 2500. The highest BCUT2D eigenvalue weighted by Gasteiger charge is 2.53. The number of fused-ring (bicyclic) bond motifs is 4. The summed E-state index contributed by atoms with van der Waals surface area (Å²) in [7, 11) is 2.77. The van der Waals surface area contributed by atoms with Crippen molar-refractivity contribution in [1.82, 2.24) is 9.80 Å². The summed E-state index contributed by atoms with van der Waals surface area (Å²) in [4.78, 5) is 82.3. The van der Waals surface area contributed by atoms with Crippen LogP contribution in [0.25, 0.3) is 0 Å². The molecule has 0 amide bonds. The number of ether oxygens (including phenoxy) is 6. The Kier molecular flexibility index (Phi) is 38.9. The van der Waals surface area contributed by atoms with Gasteiger partial charge in [0.1, 0.15) is 23.8 Å². The van der Waals surface area contributed by atoms with Gasteiger partial charge in [0.2, 0.25) is 0 Å². The van der Waals surface area contributed by atoms with Crippen molar-refractivity contribution in [3.63, 3.8) is 0 Å². The second-order valence-corrected chi connectivity index (χ2v) is 28.3. The molecule has 6 rings (SSSR count). The van der Waals surface area contributed by atoms with Crippen molar-refractivity contribution in [2.75, 3.05) is 40.5 Å². The summed E-state index contributed by atoms with van der Waals surface area (Å²) in [6.45, 7) is 5.25. The third-order valence-corrected chi connectivity index (χ3v) is 21.1. The fourth-order valence-corrected chi connectivity index (χ4v) is 15.6. The van der Waals surface area contributed by atoms with Crippen LogP contribution in [0, 0.1) is 23.5 Å². The summed E-state index contributed by atoms with van der Waals surface area (Å²) >= 11 is 0. The number of carbonyl (C=O) groups excluding carboxylic acids is 6. The van der Waals surface area contributed by atoms with E-state index >= 15 is 0 Å². The molecule has 4 aliphatic rings. The summed E-state index contributed by atoms with van der Waals surface area (Å²) in [5.41, 5.74) is 1.80. The Balaban J connectivity index is 0.695. The Morgan fingerprint density at radius 1 is 0.459 bits per heavy atom. The predicted octanol–water partition coefficient (Wildman–Crippen LogP) is 16.2. The Morgan fingerprint density at radius 3 is 1.18 bits per heavy atom. The standard InChI is InChI=1S/C80H122F2N2O14/c1-5-7-27-37-71(97-75(89)57-83-63-49-51-67(83)77(79(91)93-3)65(55-63)59-41-45-61(81)46-42-59)69(85)35-29-21-15-9-11-17-23-31-39-73(87)95-53-33-25-19-13-14-20-26-34-54-96-74(88)40-32-24-18-12-10-16-22-30-36-70(86)72(38-28-8-6-2)98-76(90)58-84-64-50-52-68(84)78(80(92)94-4)66(56-64)60-43-47-62(82)48-44-60/h21-22,29-30,41-48,63-72,77-78,85-86H,5-20,23-28,31-40,49-58H2,1-4H3/b29-21-,30-22-/t63-,64+,65+,66-,67+,68-,69?,70?,71?,72?,77-,78+. The molecular weight excluding hydrogens is 1250 g/mol. The van der Waals surface area contributed by atoms with E-state index in [1.807, 2.05) is 12.2 Å². The first-order chi connectivity index (χ1) is 47.6. The first-order valence-corrected chi connectivity index (χ1v) is 38.2. The van der Waals surface area contributed by atoms with Crippen molar-refractivity contribution in [3.05, 3.63) is 95.6 Å². The molecule has 4 fully saturated rings. The molecule has 2 aromatic carbocycles. The molecule has 0 aliphatic carbocycles. The van der Waals surface area contributed by atoms with Gasteiger partial charge in [-0.1, -0.05) is 165 Å². The van der Waals surface area contributed by atoms with Crippen LogP contribution in [0.15, 0.2) is 72.8 Å². The van der Waals surface area contributed by atoms with Gasteiger partial charge in [0.15, 0.2) is 0 Å². The fourth-order valence-electron chi connectivity index (χ4n) is 15.6. The summed E-state index contributed by atoms with van der Waals surface area (Å²) in [6, 6.07) is 12.4. The molecule has 4 bridgehead atoms. The zero-order chi connectivity index (χ0) is 70.3. The molecule has 12 atom stereocenters. The van der Waals surface area contributed by atoms with Gasteiger partial charge in [-0.25, -0.2) is 8.78 Å². The number of aliphatic hydroxyl groups excluding tert-OH is 2. The molecule has 4 heterocycles. The van der Waals surface area contributed by atoms with Crippen molar-refractivity contribution in [2.24, 2.45) is 11.8 Å². The molecule has 16 nitrogen and oxygen atoms in total. The Hall–Kier alpha value is -5.56. The third kappa shape index (κ3) is 28.5. The zero-order valence-electron chi connectivity index (χ0n) is 60.0. The summed E-state index contributed by atoms with van der Waals surface area (Å²) in [5, 5.41) is 22.5. The number of halogens is 2. The van der Waals surface area contributed by atoms with Crippen molar-refractivity contribution in [2.45, 2.75) is 318 Å². The minimum Gasteiger partial charge on any atom is -0.469 e. The van der Waals surface area contributed by atoms with E-state index < -0.39 is 48.2 Å². The number of benzene rings is 2. The average molecular weight is 1370 g/mol. The highest BCUT2D eigenvalue weighted by Crippen LogP contribution is 2.49. The van der Waals surface area contributed by atoms with E-state index in [-0.39, 0.29) is 84.6 Å². The predicted molar refractivity (Wildman–Crippen MR) is 377 cm³/mol. The summed E-state index contributed by atoms with van der Waals surface area (Å²) in [6.07, 6.45) is 38.2. The summed E-state index contributed by atoms with van der Waals surface area (Å²) in [5.74, 6) is -3.56. The summed E-state index contributed by atoms with van der Waals surface area (Å²) < 4.78 is 61.1. The van der Waals surface area contributed by atoms with Crippen LogP contribution in [-0.2, 0) is 57.2 Å². The third-order valence-electron chi connectivity index (χ3n) is 21.1. The molecule has 550 valence electrons. The molecule has 2 N–H and O–H groups in total. The van der Waals surface area contributed by atoms with Crippen LogP contribution in [0.1, 0.15) is 281 Å². The topological polar surface area (TPSA) is 205 Å². The highest BCUT2D eigenvalue weighted by molar-refractivity contribution is 5.77. The van der Waals surface area contributed by atoms with Crippen LogP contribution in [0.5, 0.6) is 0 Å². The number of piperidine rings is 2. The molecule has 4 aliphatic heterocycles. The number of unbranched alkanes of at least 4 members (excludes halogenated alkanes) is 21. The van der Waals surface area contributed by atoms with E-state index in [9.17, 15) is 47.8 Å². The van der Waals surface area contributed by atoms with Crippen LogP contribution in [0.4, 0.5) is 8.78 Å². The molecule has 98 heavy (non-hydrogen) atoms. The monoisotopic (exact) mass is 1370 g/mol. The molecule has 18 heteroatoms. The van der Waals surface area contributed by atoms with Crippen LogP contribution in [0.2, 0.25) is 0 Å². The van der Waals surface area contributed by atoms with E-state index in [4.69, 9.17) is 28.4 Å². The van der Waals surface area contributed by atoms with Crippen LogP contribution < -0.4 is 0 Å². The van der Waals surface area contributed by atoms with Crippen molar-refractivity contribution >= 4 is 35.8 Å². The Labute approximate surface area is 585 Å². The quantitative estimate of drug-likeness (QED) is 0.0273. The van der Waals surface area contributed by atoms with Gasteiger partial charge in [0, 0.05) is 48.8 Å². The molecule has 0 spiro atoms. The van der Waals surface area contributed by atoms with Gasteiger partial charge < -0.3 is 38.6 Å². The normalized spacial score (nSPS) is 22.0. The van der Waals surface area contributed by atoms with E-state index in [1.54, 1.807) is 24.3 Å². The van der Waals surface area contributed by atoms with Gasteiger partial charge in [-0.2, -0.15) is 0 Å². The number of esters is 6. The first-order valence-electron chi connectivity index (χ1n) is 38.2. The molecule has 4 saturated heterocycles. The van der Waals surface area contributed by atoms with Gasteiger partial charge in [-0.05, 0) is 164 Å². The maximum Gasteiger partial charge on any atom is 0.320 e. The largest absolute Gasteiger partial charge is 0.469 e. The smallest absolute Gasteiger partial charge is 0.320 e. The van der Waals surface area contributed by atoms with Gasteiger partial charge in [0.05, 0.1) is 64.6 Å². The molecule has 0 aromatic heterocycles. The van der Waals surface area contributed by atoms with Crippen molar-refractivity contribution in [1.29, 1.82) is 0 Å². The van der Waals surface area contributed by atoms with Gasteiger partial charge in [-0.3, -0.25) is 38.6 Å². The maximum atomic E-state index is 13.8. The first kappa shape index (κ1) is 81.4. The second kappa shape index (κ2) is 46.8. The van der Waals surface area contributed by atoms with E-state index in [0.717, 1.165) is 204 Å². The number of nitrogens with zero attached hydrogens (tertiary/aromatic N) is 2. The lowest BCUT2D eigenvalue weighted by molar-refractivity contribution is -0.161. The molecule has 2 aromatic rings. The fraction of sp³-hybridized carbons (Fsp3) is 0.725. The number of methoxy groups -OCH3 is 2. The van der Waals surface area contributed by atoms with Crippen LogP contribution in [-0.4, -0.2) is 145 Å². The van der Waals surface area contributed by atoms with Gasteiger partial charge >= 0.3 is 35.8 Å². The number of allylic oxidation sites excluding steroid dienone is 2. The number of aliphatic hydroxyl groups is 2. The van der Waals surface area contributed by atoms with E-state index in [1.165, 1.54) is 38.5 Å². The molecule has 0 saturated carbocycles. The van der Waals surface area contributed by atoms with Crippen LogP contribution in [0.3, 0.4) is 0 Å². The molecule has 4 unspecified atom stereocenters. The van der Waals surface area contributed by atoms with Crippen LogP contribution >= 0.6 is 0 Å². The highest BCUT2D eigenvalue weighted by atomic mass is 19.1. The number of hydrogen-bond donors (Lipinski definition) is 2. The Morgan fingerprint density at radius 2 is 0.816 bits per heavy atom. The van der Waals surface area contributed by atoms with Gasteiger partial charge in [-0.15, -0.1) is 0 Å². The van der Waals surface area contributed by atoms with E-state index in [0.29, 0.717) is 64.6 Å². The molecule has 0 radical (unpaired) electrons.